The first-order valence-corrected chi connectivity index (χ1v) is 8.91. The molecule has 0 saturated heterocycles. The first-order valence-electron chi connectivity index (χ1n) is 7.97. The van der Waals surface area contributed by atoms with E-state index in [0.29, 0.717) is 16.9 Å². The van der Waals surface area contributed by atoms with Crippen LogP contribution in [0.15, 0.2) is 41.1 Å². The Bertz CT molecular complexity index is 725. The summed E-state index contributed by atoms with van der Waals surface area (Å²) in [7, 11) is 0. The van der Waals surface area contributed by atoms with Crippen molar-refractivity contribution in [2.24, 2.45) is 5.92 Å². The molecule has 132 valence electrons. The van der Waals surface area contributed by atoms with Crippen molar-refractivity contribution in [2.75, 3.05) is 17.2 Å². The smallest absolute Gasteiger partial charge is 0.252 e. The van der Waals surface area contributed by atoms with E-state index in [0.717, 1.165) is 0 Å². The van der Waals surface area contributed by atoms with Gasteiger partial charge in [-0.05, 0) is 35.7 Å². The van der Waals surface area contributed by atoms with E-state index in [-0.39, 0.29) is 36.6 Å². The maximum atomic E-state index is 11.9. The maximum Gasteiger partial charge on any atom is 0.252 e. The summed E-state index contributed by atoms with van der Waals surface area (Å²) in [6.45, 7) is 3.91. The van der Waals surface area contributed by atoms with Crippen molar-refractivity contribution in [1.82, 2.24) is 5.32 Å². The quantitative estimate of drug-likeness (QED) is 0.710. The number of amides is 3. The summed E-state index contributed by atoms with van der Waals surface area (Å²) in [5.74, 6) is -0.522. The zero-order valence-electron chi connectivity index (χ0n) is 14.2. The molecule has 0 saturated carbocycles. The summed E-state index contributed by atoms with van der Waals surface area (Å²) in [5.41, 5.74) is 1.92. The molecule has 1 aromatic heterocycles. The van der Waals surface area contributed by atoms with E-state index in [1.54, 1.807) is 35.7 Å². The van der Waals surface area contributed by atoms with Crippen LogP contribution < -0.4 is 16.0 Å². The minimum absolute atomic E-state index is 0.0573. The number of hydrogen-bond donors (Lipinski definition) is 3. The Kier molecular flexibility index (Phi) is 6.71. The second-order valence-corrected chi connectivity index (χ2v) is 6.57. The fourth-order valence-corrected chi connectivity index (χ4v) is 2.57. The fraction of sp³-hybridized carbons (Fsp3) is 0.278. The number of carbonyl (C=O) groups is 3. The van der Waals surface area contributed by atoms with Gasteiger partial charge in [-0.15, -0.1) is 0 Å². The lowest BCUT2D eigenvalue weighted by Crippen LogP contribution is -2.27. The number of anilines is 2. The lowest BCUT2D eigenvalue weighted by Gasteiger charge is -2.09. The summed E-state index contributed by atoms with van der Waals surface area (Å²) in [6, 6.07) is 8.64. The lowest BCUT2D eigenvalue weighted by molar-refractivity contribution is -0.119. The van der Waals surface area contributed by atoms with Crippen LogP contribution in [0, 0.1) is 5.92 Å². The third-order valence-corrected chi connectivity index (χ3v) is 4.06. The van der Waals surface area contributed by atoms with Crippen molar-refractivity contribution in [3.8, 4) is 0 Å². The van der Waals surface area contributed by atoms with Gasteiger partial charge < -0.3 is 16.0 Å². The molecule has 1 heterocycles. The normalized spacial score (nSPS) is 10.4. The van der Waals surface area contributed by atoms with Crippen LogP contribution in [0.4, 0.5) is 11.4 Å². The predicted octanol–water partition coefficient (Wildman–Crippen LogP) is 3.10. The van der Waals surface area contributed by atoms with Gasteiger partial charge in [0.05, 0.1) is 0 Å². The second kappa shape index (κ2) is 8.98. The largest absolute Gasteiger partial charge is 0.351 e. The van der Waals surface area contributed by atoms with Gasteiger partial charge in [-0.1, -0.05) is 13.8 Å². The van der Waals surface area contributed by atoms with Crippen molar-refractivity contribution >= 4 is 40.4 Å². The van der Waals surface area contributed by atoms with Crippen molar-refractivity contribution < 1.29 is 14.4 Å². The molecule has 0 atom stereocenters. The Morgan fingerprint density at radius 1 is 1.00 bits per heavy atom. The van der Waals surface area contributed by atoms with E-state index in [9.17, 15) is 14.4 Å². The van der Waals surface area contributed by atoms with Crippen LogP contribution in [-0.2, 0) is 9.59 Å². The molecule has 1 aromatic carbocycles. The molecule has 0 aliphatic carbocycles. The summed E-state index contributed by atoms with van der Waals surface area (Å²) in [5, 5.41) is 11.8. The van der Waals surface area contributed by atoms with E-state index in [4.69, 9.17) is 0 Å². The van der Waals surface area contributed by atoms with E-state index in [2.05, 4.69) is 16.0 Å². The molecule has 0 radical (unpaired) electrons. The summed E-state index contributed by atoms with van der Waals surface area (Å²) in [4.78, 5) is 35.3. The van der Waals surface area contributed by atoms with E-state index >= 15 is 0 Å². The third-order valence-electron chi connectivity index (χ3n) is 3.38. The molecule has 0 fully saturated rings. The topological polar surface area (TPSA) is 87.3 Å². The lowest BCUT2D eigenvalue weighted by atomic mass is 10.2. The zero-order valence-corrected chi connectivity index (χ0v) is 15.0. The number of benzene rings is 1. The number of carbonyl (C=O) groups excluding carboxylic acids is 3. The number of thiophene rings is 1. The monoisotopic (exact) mass is 359 g/mol. The highest BCUT2D eigenvalue weighted by Crippen LogP contribution is 2.14. The predicted molar refractivity (Wildman–Crippen MR) is 99.8 cm³/mol. The van der Waals surface area contributed by atoms with E-state index < -0.39 is 0 Å². The molecule has 0 unspecified atom stereocenters. The van der Waals surface area contributed by atoms with Crippen LogP contribution in [0.1, 0.15) is 30.6 Å². The van der Waals surface area contributed by atoms with Gasteiger partial charge in [0.1, 0.15) is 0 Å². The minimum atomic E-state index is -0.190. The third kappa shape index (κ3) is 6.04. The van der Waals surface area contributed by atoms with Crippen LogP contribution in [-0.4, -0.2) is 24.3 Å². The van der Waals surface area contributed by atoms with Crippen molar-refractivity contribution in [1.29, 1.82) is 0 Å². The molecule has 0 aliphatic rings. The Labute approximate surface area is 150 Å². The van der Waals surface area contributed by atoms with Gasteiger partial charge in [0, 0.05) is 41.2 Å². The van der Waals surface area contributed by atoms with E-state index in [1.165, 1.54) is 11.3 Å². The van der Waals surface area contributed by atoms with Gasteiger partial charge in [0.15, 0.2) is 0 Å². The van der Waals surface area contributed by atoms with Gasteiger partial charge in [-0.2, -0.15) is 11.3 Å². The highest BCUT2D eigenvalue weighted by Gasteiger charge is 2.08. The average Bonchev–Trinajstić information content (AvgIpc) is 3.11. The van der Waals surface area contributed by atoms with Crippen LogP contribution in [0.5, 0.6) is 0 Å². The molecule has 25 heavy (non-hydrogen) atoms. The molecule has 3 N–H and O–H groups in total. The maximum absolute atomic E-state index is 11.9. The first kappa shape index (κ1) is 18.7. The molecular formula is C18H21N3O3S. The zero-order chi connectivity index (χ0) is 18.2. The SMILES string of the molecule is CC(C)C(=O)Nc1ccc(NC(=O)CCNC(=O)c2ccsc2)cc1. The first-order chi connectivity index (χ1) is 12.0. The Balaban J connectivity index is 1.75. The van der Waals surface area contributed by atoms with Gasteiger partial charge in [0.2, 0.25) is 11.8 Å². The van der Waals surface area contributed by atoms with Gasteiger partial charge >= 0.3 is 0 Å². The van der Waals surface area contributed by atoms with Crippen molar-refractivity contribution in [3.05, 3.63) is 46.7 Å². The summed E-state index contributed by atoms with van der Waals surface area (Å²) < 4.78 is 0. The standard InChI is InChI=1S/C18H21N3O3S/c1-12(2)17(23)21-15-5-3-14(4-6-15)20-16(22)7-9-19-18(24)13-8-10-25-11-13/h3-6,8,10-12H,7,9H2,1-2H3,(H,19,24)(H,20,22)(H,21,23). The van der Waals surface area contributed by atoms with Crippen molar-refractivity contribution in [3.63, 3.8) is 0 Å². The molecule has 6 nitrogen and oxygen atoms in total. The molecule has 2 aromatic rings. The highest BCUT2D eigenvalue weighted by molar-refractivity contribution is 7.08. The highest BCUT2D eigenvalue weighted by atomic mass is 32.1. The van der Waals surface area contributed by atoms with Gasteiger partial charge in [0.25, 0.3) is 5.91 Å². The Hall–Kier alpha value is -2.67. The molecule has 0 bridgehead atoms. The molecule has 2 rings (SSSR count). The van der Waals surface area contributed by atoms with E-state index in [1.807, 2.05) is 19.2 Å². The van der Waals surface area contributed by atoms with Crippen LogP contribution >= 0.6 is 11.3 Å². The summed E-state index contributed by atoms with van der Waals surface area (Å²) >= 11 is 1.45. The molecule has 0 spiro atoms. The second-order valence-electron chi connectivity index (χ2n) is 5.79. The summed E-state index contributed by atoms with van der Waals surface area (Å²) in [6.07, 6.45) is 0.182. The number of nitrogens with one attached hydrogen (secondary N) is 3. The molecule has 0 aliphatic heterocycles. The Morgan fingerprint density at radius 3 is 2.20 bits per heavy atom. The molecular weight excluding hydrogens is 338 g/mol. The van der Waals surface area contributed by atoms with Gasteiger partial charge in [-0.25, -0.2) is 0 Å². The van der Waals surface area contributed by atoms with Crippen LogP contribution in [0.2, 0.25) is 0 Å². The minimum Gasteiger partial charge on any atom is -0.351 e. The van der Waals surface area contributed by atoms with Gasteiger partial charge in [-0.3, -0.25) is 14.4 Å². The molecule has 7 heteroatoms. The van der Waals surface area contributed by atoms with Crippen molar-refractivity contribution in [2.45, 2.75) is 20.3 Å². The number of hydrogen-bond acceptors (Lipinski definition) is 4. The average molecular weight is 359 g/mol. The molecule has 3 amide bonds. The number of rotatable bonds is 7. The van der Waals surface area contributed by atoms with Crippen LogP contribution in [0.25, 0.3) is 0 Å². The van der Waals surface area contributed by atoms with Crippen LogP contribution in [0.3, 0.4) is 0 Å². The Morgan fingerprint density at radius 2 is 1.64 bits per heavy atom. The fourth-order valence-electron chi connectivity index (χ4n) is 1.93.